The molecule has 0 unspecified atom stereocenters. The molecule has 0 saturated heterocycles. The van der Waals surface area contributed by atoms with Gasteiger partial charge in [0.1, 0.15) is 5.82 Å². The zero-order valence-electron chi connectivity index (χ0n) is 10.3. The summed E-state index contributed by atoms with van der Waals surface area (Å²) in [6.45, 7) is 0. The molecule has 0 saturated carbocycles. The van der Waals surface area contributed by atoms with Gasteiger partial charge in [0, 0.05) is 3.57 Å². The zero-order valence-corrected chi connectivity index (χ0v) is 12.4. The first-order valence-corrected chi connectivity index (χ1v) is 6.66. The topological polar surface area (TPSA) is 61.4 Å². The second-order valence-corrected chi connectivity index (χ2v) is 5.22. The summed E-state index contributed by atoms with van der Waals surface area (Å²) in [7, 11) is 0. The minimum absolute atomic E-state index is 0.132. The lowest BCUT2D eigenvalue weighted by molar-refractivity contribution is 0.0707. The van der Waals surface area contributed by atoms with E-state index in [0.717, 1.165) is 12.1 Å². The number of rotatable bonds is 3. The van der Waals surface area contributed by atoms with Crippen molar-refractivity contribution in [3.8, 4) is 0 Å². The maximum Gasteiger partial charge on any atom is 0.276 e. The molecule has 8 heteroatoms. The Morgan fingerprint density at radius 3 is 2.43 bits per heavy atom. The van der Waals surface area contributed by atoms with Crippen molar-refractivity contribution in [2.24, 2.45) is 0 Å². The van der Waals surface area contributed by atoms with Crippen molar-refractivity contribution < 1.29 is 23.2 Å². The second-order valence-electron chi connectivity index (χ2n) is 3.97. The largest absolute Gasteiger partial charge is 0.350 e. The molecular weight excluding hydrogens is 400 g/mol. The van der Waals surface area contributed by atoms with Crippen molar-refractivity contribution >= 4 is 39.9 Å². The third-order valence-corrected chi connectivity index (χ3v) is 3.30. The van der Waals surface area contributed by atoms with Gasteiger partial charge in [-0.2, -0.15) is 0 Å². The van der Waals surface area contributed by atoms with Crippen molar-refractivity contribution in [1.29, 1.82) is 0 Å². The lowest BCUT2D eigenvalue weighted by Gasteiger charge is -2.13. The van der Waals surface area contributed by atoms with Crippen LogP contribution in [-0.2, 0) is 0 Å². The molecule has 1 amide bonds. The molecule has 0 bridgehead atoms. The van der Waals surface area contributed by atoms with Gasteiger partial charge in [0.15, 0.2) is 11.6 Å². The molecule has 4 nitrogen and oxygen atoms in total. The van der Waals surface area contributed by atoms with Crippen molar-refractivity contribution in [3.05, 3.63) is 56.9 Å². The second kappa shape index (κ2) is 6.31. The van der Waals surface area contributed by atoms with E-state index in [4.69, 9.17) is 5.21 Å². The van der Waals surface area contributed by atoms with E-state index >= 15 is 0 Å². The minimum Gasteiger partial charge on any atom is -0.350 e. The Labute approximate surface area is 131 Å². The van der Waals surface area contributed by atoms with Crippen LogP contribution in [0.15, 0.2) is 30.3 Å². The summed E-state index contributed by atoms with van der Waals surface area (Å²) in [5.74, 6) is -4.31. The van der Waals surface area contributed by atoms with Gasteiger partial charge in [0.25, 0.3) is 5.91 Å². The number of anilines is 2. The van der Waals surface area contributed by atoms with Gasteiger partial charge in [-0.15, -0.1) is 0 Å². The highest BCUT2D eigenvalue weighted by atomic mass is 127. The van der Waals surface area contributed by atoms with Gasteiger partial charge < -0.3 is 5.32 Å². The van der Waals surface area contributed by atoms with Crippen molar-refractivity contribution in [2.45, 2.75) is 0 Å². The van der Waals surface area contributed by atoms with Crippen molar-refractivity contribution in [1.82, 2.24) is 5.48 Å². The summed E-state index contributed by atoms with van der Waals surface area (Å²) < 4.78 is 41.5. The van der Waals surface area contributed by atoms with Gasteiger partial charge in [0.05, 0.1) is 16.9 Å². The monoisotopic (exact) mass is 408 g/mol. The van der Waals surface area contributed by atoms with Crippen LogP contribution in [0, 0.1) is 21.0 Å². The van der Waals surface area contributed by atoms with Crippen LogP contribution in [0.5, 0.6) is 0 Å². The van der Waals surface area contributed by atoms with E-state index in [1.165, 1.54) is 17.6 Å². The highest BCUT2D eigenvalue weighted by molar-refractivity contribution is 14.1. The first-order chi connectivity index (χ1) is 9.93. The lowest BCUT2D eigenvalue weighted by Crippen LogP contribution is -2.20. The van der Waals surface area contributed by atoms with E-state index in [9.17, 15) is 18.0 Å². The lowest BCUT2D eigenvalue weighted by atomic mass is 10.1. The number of carbonyl (C=O) groups excluding carboxylic acids is 1. The predicted octanol–water partition coefficient (Wildman–Crippen LogP) is 3.57. The molecule has 0 aromatic heterocycles. The van der Waals surface area contributed by atoms with Crippen LogP contribution in [0.25, 0.3) is 0 Å². The average Bonchev–Trinajstić information content (AvgIpc) is 2.45. The first-order valence-electron chi connectivity index (χ1n) is 5.58. The minimum atomic E-state index is -1.35. The average molecular weight is 408 g/mol. The Kier molecular flexibility index (Phi) is 4.68. The smallest absolute Gasteiger partial charge is 0.276 e. The molecule has 0 fully saturated rings. The normalized spacial score (nSPS) is 10.3. The fourth-order valence-corrected chi connectivity index (χ4v) is 2.10. The molecular formula is C13H8F3IN2O2. The van der Waals surface area contributed by atoms with E-state index in [0.29, 0.717) is 3.57 Å². The summed E-state index contributed by atoms with van der Waals surface area (Å²) in [4.78, 5) is 11.4. The van der Waals surface area contributed by atoms with Crippen LogP contribution in [0.2, 0.25) is 0 Å². The summed E-state index contributed by atoms with van der Waals surface area (Å²) in [5.41, 5.74) is 0.248. The molecule has 0 atom stereocenters. The number of halogens is 4. The zero-order chi connectivity index (χ0) is 15.6. The fourth-order valence-electron chi connectivity index (χ4n) is 1.65. The van der Waals surface area contributed by atoms with E-state index < -0.39 is 29.0 Å². The molecule has 0 spiro atoms. The van der Waals surface area contributed by atoms with Gasteiger partial charge in [-0.3, -0.25) is 10.0 Å². The van der Waals surface area contributed by atoms with E-state index in [1.54, 1.807) is 6.07 Å². The molecule has 0 heterocycles. The number of benzene rings is 2. The number of hydroxylamine groups is 1. The molecule has 0 aliphatic carbocycles. The Morgan fingerprint density at radius 2 is 1.81 bits per heavy atom. The predicted molar refractivity (Wildman–Crippen MR) is 78.0 cm³/mol. The Bertz CT molecular complexity index is 710. The SMILES string of the molecule is O=C(NO)c1ccc(F)c(F)c1Nc1ccc(I)cc1F. The third kappa shape index (κ3) is 3.27. The summed E-state index contributed by atoms with van der Waals surface area (Å²) in [6.07, 6.45) is 0. The Balaban J connectivity index is 2.51. The van der Waals surface area contributed by atoms with Gasteiger partial charge in [-0.05, 0) is 52.9 Å². The summed E-state index contributed by atoms with van der Waals surface area (Å²) >= 11 is 1.89. The van der Waals surface area contributed by atoms with Gasteiger partial charge in [-0.1, -0.05) is 0 Å². The quantitative estimate of drug-likeness (QED) is 0.414. The number of hydrogen-bond acceptors (Lipinski definition) is 3. The van der Waals surface area contributed by atoms with Crippen LogP contribution >= 0.6 is 22.6 Å². The molecule has 110 valence electrons. The highest BCUT2D eigenvalue weighted by Crippen LogP contribution is 2.28. The molecule has 3 N–H and O–H groups in total. The van der Waals surface area contributed by atoms with Crippen LogP contribution < -0.4 is 10.8 Å². The highest BCUT2D eigenvalue weighted by Gasteiger charge is 2.19. The molecule has 0 aliphatic heterocycles. The fraction of sp³-hybridized carbons (Fsp3) is 0. The van der Waals surface area contributed by atoms with Gasteiger partial charge >= 0.3 is 0 Å². The maximum atomic E-state index is 13.8. The molecule has 0 aliphatic rings. The van der Waals surface area contributed by atoms with E-state index in [1.807, 2.05) is 22.6 Å². The Hall–Kier alpha value is -1.81. The standard InChI is InChI=1S/C13H8F3IN2O2/c14-8-3-2-7(13(20)19-21)12(11(8)16)18-10-4-1-6(17)5-9(10)15/h1-5,18,21H,(H,19,20). The number of hydrogen-bond donors (Lipinski definition) is 3. The van der Waals surface area contributed by atoms with Crippen molar-refractivity contribution in [3.63, 3.8) is 0 Å². The van der Waals surface area contributed by atoms with Crippen LogP contribution in [0.3, 0.4) is 0 Å². The van der Waals surface area contributed by atoms with Crippen LogP contribution in [0.4, 0.5) is 24.5 Å². The van der Waals surface area contributed by atoms with Crippen molar-refractivity contribution in [2.75, 3.05) is 5.32 Å². The number of amides is 1. The summed E-state index contributed by atoms with van der Waals surface area (Å²) in [5, 5.41) is 10.9. The van der Waals surface area contributed by atoms with E-state index in [-0.39, 0.29) is 11.3 Å². The molecule has 2 aromatic rings. The third-order valence-electron chi connectivity index (χ3n) is 2.63. The molecule has 2 aromatic carbocycles. The Morgan fingerprint density at radius 1 is 1.10 bits per heavy atom. The molecule has 2 rings (SSSR count). The van der Waals surface area contributed by atoms with Crippen LogP contribution in [0.1, 0.15) is 10.4 Å². The molecule has 0 radical (unpaired) electrons. The first kappa shape index (κ1) is 15.6. The number of carbonyl (C=O) groups is 1. The van der Waals surface area contributed by atoms with Crippen LogP contribution in [-0.4, -0.2) is 11.1 Å². The summed E-state index contributed by atoms with van der Waals surface area (Å²) in [6, 6.07) is 5.76. The van der Waals surface area contributed by atoms with Gasteiger partial charge in [-0.25, -0.2) is 18.7 Å². The van der Waals surface area contributed by atoms with Gasteiger partial charge in [0.2, 0.25) is 0 Å². The molecule has 21 heavy (non-hydrogen) atoms. The maximum absolute atomic E-state index is 13.8. The van der Waals surface area contributed by atoms with E-state index in [2.05, 4.69) is 5.32 Å². The number of nitrogens with one attached hydrogen (secondary N) is 2.